The minimum Gasteiger partial charge on any atom is -0.507 e. The van der Waals surface area contributed by atoms with E-state index in [-0.39, 0.29) is 24.3 Å². The van der Waals surface area contributed by atoms with Crippen LogP contribution in [-0.2, 0) is 82.3 Å². The quantitative estimate of drug-likeness (QED) is 0.0152. The number of aliphatic hydroxyl groups is 6. The van der Waals surface area contributed by atoms with Gasteiger partial charge in [-0.2, -0.15) is 0 Å². The Morgan fingerprint density at radius 2 is 1.26 bits per heavy atom. The number of carbonyl (C=O) groups is 9. The molecule has 18 atom stereocenters. The van der Waals surface area contributed by atoms with Crippen LogP contribution < -0.4 is 78.4 Å². The van der Waals surface area contributed by atoms with Crippen molar-refractivity contribution in [3.63, 3.8) is 0 Å². The first kappa shape index (κ1) is 107. The summed E-state index contributed by atoms with van der Waals surface area (Å²) in [5, 5.41) is 135. The van der Waals surface area contributed by atoms with Crippen molar-refractivity contribution in [3.8, 4) is 57.1 Å². The lowest BCUT2D eigenvalue weighted by atomic mass is 9.85. The van der Waals surface area contributed by atoms with Crippen LogP contribution in [0.1, 0.15) is 169 Å². The van der Waals surface area contributed by atoms with Crippen molar-refractivity contribution >= 4 is 99.2 Å². The normalized spacial score (nSPS) is 25.5. The summed E-state index contributed by atoms with van der Waals surface area (Å²) < 4.78 is 81.2. The first-order chi connectivity index (χ1) is 63.0. The summed E-state index contributed by atoms with van der Waals surface area (Å²) in [7, 11) is -15.5. The highest BCUT2D eigenvalue weighted by Gasteiger charge is 2.53. The molecular weight excluding hydrogens is 1870 g/mol. The van der Waals surface area contributed by atoms with Gasteiger partial charge in [-0.1, -0.05) is 107 Å². The average molecular weight is 1990 g/mol. The number of nitrogens with two attached hydrogens (primary N) is 1. The summed E-state index contributed by atoms with van der Waals surface area (Å²) in [6, 6.07) is -4.34. The summed E-state index contributed by atoms with van der Waals surface area (Å²) >= 11 is 14.4. The number of primary amides is 1. The van der Waals surface area contributed by atoms with E-state index in [1.165, 1.54) is 37.7 Å². The fourth-order valence-electron chi connectivity index (χ4n) is 15.9. The van der Waals surface area contributed by atoms with Crippen LogP contribution in [0.15, 0.2) is 72.8 Å². The number of aliphatic hydroxyl groups excluding tert-OH is 6. The lowest BCUT2D eigenvalue weighted by Gasteiger charge is -2.48. The molecule has 0 spiro atoms. The number of hydrogen-bond donors (Lipinski definition) is 27. The van der Waals surface area contributed by atoms with Crippen molar-refractivity contribution in [2.75, 3.05) is 46.2 Å². The number of benzene rings is 5. The summed E-state index contributed by atoms with van der Waals surface area (Å²) in [6.45, 7) is 6.78. The van der Waals surface area contributed by atoms with E-state index in [1.807, 2.05) is 0 Å². The van der Waals surface area contributed by atoms with Gasteiger partial charge >= 0.3 is 28.8 Å². The van der Waals surface area contributed by atoms with E-state index in [0.717, 1.165) is 99.3 Å². The van der Waals surface area contributed by atoms with E-state index in [0.29, 0.717) is 19.2 Å². The standard InChI is InChI=1S/C83H113Cl2N12O34P3/c1-7-8-9-10-11-12-13-14-21-88-22-23-90-83(5)32-59(126-38(4)73(83)108)130-72-70(107)69(106)56(34-98)129-81(72)131-71-54-28-42-29-55(71)128-53-20-17-41(27-47(53)85)67(104)65-79(114)95-63(80(115)125-35-58(102)92-82(133(119,120)121)134(122,123)124)44-30-51(100)45(33-89-36-132(116,117)118)68(105)60(44)43-25-39(15-18-50(43)99)61(76(111)97-65)94-77(112)62(42)93-75(110)49(31-57(86)101)91-78(113)64(96-74(109)48(87-6)24-37(2)3)66(103)40-16-19-52(127-54)46(84)26-40/h15-20,25-30,37-38,48-49,56,59,61-67,69-70,72-73,81-82,87-90,98-100,103-108H,7-14,21-24,31-36H2,1-6H3,(H2,86,101)(H,91,113)(H,92,102)(H,93,110)(H,94,112)(H,95,114)(H,96,109)(H,97,111)(H2,116,117,118)(H2,119,120,121)(H2,122,123,124)/t38-,48+,49-,56+,59-,61+,62+,63-,64+,65-,66+,67+,69+,70-,72+,73+,81-,83-/m0/s1. The largest absolute Gasteiger partial charge is 0.507 e. The van der Waals surface area contributed by atoms with Gasteiger partial charge < -0.3 is 173 Å². The number of aromatic hydroxyl groups is 3. The second kappa shape index (κ2) is 46.2. The SMILES string of the molecule is CCCCCCCCCCNCCN[C@@]1(C)C[C@H](O[C@H]2[C@H](Oc3c4cc5cc3Oc3ccc(cc3Cl)[C@@H](O)[C@@H](NC(=O)[C@@H](CC(C)C)NC)C(=O)N[C@@H](CC(N)=O)C(=O)N[C@H]5C(=O)N[C@H]3C(=O)N[C@H](C(=O)N[C@H](C(=O)OCC(=O)NC(P(=O)(O)O)P(=O)(O)O)c5cc(O)c(CNCP(=O)(O)O)c(O)c5-c5cc3ccc5O)[C@H](O)c3ccc(c(Cl)c3)O4)O[C@H](CO)[C@@H](O)[C@@H]2O)O[C@@H](C)[C@H]1O. The monoisotopic (exact) mass is 1980 g/mol. The number of fused-ring (bicyclic) bond motifs is 15. The zero-order valence-electron chi connectivity index (χ0n) is 73.3. The maximum Gasteiger partial charge on any atom is 0.360 e. The molecule has 2 saturated heterocycles. The average Bonchev–Trinajstić information content (AvgIpc) is 0.731. The lowest BCUT2D eigenvalue weighted by Crippen LogP contribution is -2.65. The number of carbonyl (C=O) groups excluding carboxylic acids is 9. The fourth-order valence-corrected chi connectivity index (χ4v) is 19.0. The second-order valence-corrected chi connectivity index (χ2v) is 39.9. The minimum atomic E-state index is -5.96. The molecule has 46 nitrogen and oxygen atoms in total. The van der Waals surface area contributed by atoms with E-state index in [4.69, 9.17) is 62.1 Å². The highest BCUT2D eigenvalue weighted by Crippen LogP contribution is 2.59. The topological polar surface area (TPSA) is 731 Å². The van der Waals surface area contributed by atoms with Crippen LogP contribution in [0.2, 0.25) is 10.0 Å². The molecule has 2 fully saturated rings. The molecule has 5 aromatic rings. The second-order valence-electron chi connectivity index (χ2n) is 33.7. The number of rotatable bonds is 35. The Hall–Kier alpha value is -9.36. The number of esters is 1. The number of ether oxygens (including phenoxy) is 7. The Morgan fingerprint density at radius 1 is 0.664 bits per heavy atom. The van der Waals surface area contributed by atoms with Gasteiger partial charge in [0.05, 0.1) is 53.2 Å². The molecule has 51 heteroatoms. The van der Waals surface area contributed by atoms with Gasteiger partial charge in [-0.05, 0) is 123 Å². The third-order valence-corrected chi connectivity index (χ3v) is 27.5. The Balaban J connectivity index is 1.19. The van der Waals surface area contributed by atoms with Crippen LogP contribution in [0.3, 0.4) is 0 Å². The predicted molar refractivity (Wildman–Crippen MR) is 472 cm³/mol. The van der Waals surface area contributed by atoms with Gasteiger partial charge in [-0.3, -0.25) is 52.1 Å². The highest BCUT2D eigenvalue weighted by atomic mass is 35.5. The van der Waals surface area contributed by atoms with Crippen molar-refractivity contribution in [1.29, 1.82) is 0 Å². The van der Waals surface area contributed by atoms with Crippen molar-refractivity contribution in [2.24, 2.45) is 11.7 Å². The smallest absolute Gasteiger partial charge is 0.360 e. The number of halogens is 2. The summed E-state index contributed by atoms with van der Waals surface area (Å²) in [5.41, 5.74) is -3.90. The molecule has 0 saturated carbocycles. The third-order valence-electron chi connectivity index (χ3n) is 22.9. The first-order valence-corrected chi connectivity index (χ1v) is 48.7. The fraction of sp³-hybridized carbons (Fsp3) is 0.530. The molecule has 5 aromatic carbocycles. The van der Waals surface area contributed by atoms with Crippen LogP contribution in [0.5, 0.6) is 46.0 Å². The Labute approximate surface area is 777 Å². The van der Waals surface area contributed by atoms with Gasteiger partial charge in [0.25, 0.3) is 5.91 Å². The van der Waals surface area contributed by atoms with Gasteiger partial charge in [0.1, 0.15) is 89.5 Å². The van der Waals surface area contributed by atoms with E-state index < -0.39 is 318 Å². The molecule has 0 aliphatic carbocycles. The Morgan fingerprint density at radius 3 is 1.85 bits per heavy atom. The zero-order chi connectivity index (χ0) is 98.5. The molecule has 738 valence electrons. The van der Waals surface area contributed by atoms with Crippen molar-refractivity contribution in [3.05, 3.63) is 116 Å². The van der Waals surface area contributed by atoms with Gasteiger partial charge in [0.2, 0.25) is 58.9 Å². The van der Waals surface area contributed by atoms with E-state index in [1.54, 1.807) is 27.7 Å². The third kappa shape index (κ3) is 26.9. The number of hydrogen-bond acceptors (Lipinski definition) is 32. The van der Waals surface area contributed by atoms with Crippen LogP contribution in [0, 0.1) is 5.92 Å². The van der Waals surface area contributed by atoms with Crippen LogP contribution >= 0.6 is 46.0 Å². The van der Waals surface area contributed by atoms with E-state index in [9.17, 15) is 108 Å². The van der Waals surface area contributed by atoms with Gasteiger partial charge in [0.15, 0.2) is 36.5 Å². The Bertz CT molecular complexity index is 5250. The molecule has 12 rings (SSSR count). The molecular formula is C83H113Cl2N12O34P3. The van der Waals surface area contributed by atoms with E-state index >= 15 is 24.0 Å². The molecule has 11 bridgehead atoms. The Kier molecular flexibility index (Phi) is 36.8. The number of unbranched alkanes of at least 4 members (excludes halogenated alkanes) is 7. The molecule has 0 radical (unpaired) electrons. The summed E-state index contributed by atoms with van der Waals surface area (Å²) in [5.74, 6) is -20.5. The van der Waals surface area contributed by atoms with Crippen LogP contribution in [0.4, 0.5) is 0 Å². The molecule has 28 N–H and O–H groups in total. The maximum atomic E-state index is 16.5. The number of nitrogens with one attached hydrogen (secondary N) is 11. The molecule has 0 aromatic heterocycles. The minimum absolute atomic E-state index is 0.147. The molecule has 134 heavy (non-hydrogen) atoms. The van der Waals surface area contributed by atoms with Gasteiger partial charge in [0, 0.05) is 48.3 Å². The van der Waals surface area contributed by atoms with Crippen LogP contribution in [-0.4, -0.2) is 259 Å². The molecule has 8 amide bonds. The maximum absolute atomic E-state index is 16.5. The van der Waals surface area contributed by atoms with Crippen molar-refractivity contribution in [2.45, 2.75) is 227 Å². The number of phenolic OH excluding ortho intramolecular Hbond substituents is 3. The molecule has 7 heterocycles. The number of amides is 8. The van der Waals surface area contributed by atoms with Crippen molar-refractivity contribution in [1.82, 2.24) is 58.5 Å². The van der Waals surface area contributed by atoms with Crippen molar-refractivity contribution < 1.29 is 165 Å². The van der Waals surface area contributed by atoms with Gasteiger partial charge in [-0.15, -0.1) is 0 Å². The number of likely N-dealkylation sites (N-methyl/N-ethyl adjacent to an activating group) is 1. The molecule has 7 aliphatic rings. The summed E-state index contributed by atoms with van der Waals surface area (Å²) in [6.07, 6.45) is -11.7. The predicted octanol–water partition coefficient (Wildman–Crippen LogP) is 0.906. The van der Waals surface area contributed by atoms with Crippen LogP contribution in [0.25, 0.3) is 11.1 Å². The van der Waals surface area contributed by atoms with E-state index in [2.05, 4.69) is 60.1 Å². The first-order valence-electron chi connectivity index (χ1n) is 42.8. The summed E-state index contributed by atoms with van der Waals surface area (Å²) in [4.78, 5) is 194. The lowest BCUT2D eigenvalue weighted by molar-refractivity contribution is -0.334. The number of phenols is 3. The molecule has 0 unspecified atom stereocenters. The molecule has 7 aliphatic heterocycles. The highest BCUT2D eigenvalue weighted by molar-refractivity contribution is 7.70. The zero-order valence-corrected chi connectivity index (χ0v) is 77.5. The van der Waals surface area contributed by atoms with Gasteiger partial charge in [-0.25, -0.2) is 4.79 Å².